The molecule has 1 amide bonds. The highest BCUT2D eigenvalue weighted by Gasteiger charge is 2.24. The third kappa shape index (κ3) is 3.93. The fourth-order valence-corrected chi connectivity index (χ4v) is 3.39. The first-order valence-corrected chi connectivity index (χ1v) is 8.88. The van der Waals surface area contributed by atoms with Gasteiger partial charge in [-0.05, 0) is 49.2 Å². The van der Waals surface area contributed by atoms with Crippen molar-refractivity contribution in [3.05, 3.63) is 29.3 Å². The molecule has 0 aliphatic heterocycles. The van der Waals surface area contributed by atoms with E-state index in [1.165, 1.54) is 24.1 Å². The van der Waals surface area contributed by atoms with E-state index in [0.717, 1.165) is 24.9 Å². The lowest BCUT2D eigenvalue weighted by atomic mass is 9.94. The van der Waals surface area contributed by atoms with E-state index in [1.54, 1.807) is 12.1 Å². The van der Waals surface area contributed by atoms with E-state index in [-0.39, 0.29) is 12.5 Å². The Balaban J connectivity index is 1.66. The van der Waals surface area contributed by atoms with Crippen molar-refractivity contribution in [3.63, 3.8) is 0 Å². The minimum atomic E-state index is 0.0597. The van der Waals surface area contributed by atoms with Crippen LogP contribution in [0.4, 0.5) is 0 Å². The summed E-state index contributed by atoms with van der Waals surface area (Å²) in [5.74, 6) is 0.560. The zero-order valence-electron chi connectivity index (χ0n) is 13.9. The SMILES string of the molecule is CCN(C(=O)Cn1nnc(-c2ccc(Cl)cc2)n1)C1CCCCC1. The van der Waals surface area contributed by atoms with Crippen molar-refractivity contribution in [1.82, 2.24) is 25.1 Å². The van der Waals surface area contributed by atoms with Crippen molar-refractivity contribution in [2.75, 3.05) is 6.54 Å². The van der Waals surface area contributed by atoms with Gasteiger partial charge in [0.25, 0.3) is 0 Å². The molecule has 0 unspecified atom stereocenters. The highest BCUT2D eigenvalue weighted by Crippen LogP contribution is 2.23. The summed E-state index contributed by atoms with van der Waals surface area (Å²) in [6.07, 6.45) is 5.88. The summed E-state index contributed by atoms with van der Waals surface area (Å²) in [6.45, 7) is 2.88. The Morgan fingerprint density at radius 3 is 2.62 bits per heavy atom. The van der Waals surface area contributed by atoms with Crippen molar-refractivity contribution >= 4 is 17.5 Å². The van der Waals surface area contributed by atoms with E-state index in [0.29, 0.717) is 16.9 Å². The highest BCUT2D eigenvalue weighted by atomic mass is 35.5. The lowest BCUT2D eigenvalue weighted by molar-refractivity contribution is -0.135. The van der Waals surface area contributed by atoms with Gasteiger partial charge in [0.1, 0.15) is 6.54 Å². The molecule has 1 aliphatic carbocycles. The predicted octanol–water partition coefficient (Wildman–Crippen LogP) is 3.17. The van der Waals surface area contributed by atoms with E-state index < -0.39 is 0 Å². The number of nitrogens with zero attached hydrogens (tertiary/aromatic N) is 5. The van der Waals surface area contributed by atoms with Crippen LogP contribution < -0.4 is 0 Å². The second-order valence-corrected chi connectivity index (χ2v) is 6.56. The largest absolute Gasteiger partial charge is 0.338 e. The number of hydrogen-bond acceptors (Lipinski definition) is 4. The van der Waals surface area contributed by atoms with Crippen LogP contribution in [0, 0.1) is 0 Å². The van der Waals surface area contributed by atoms with Crippen LogP contribution in [0.2, 0.25) is 5.02 Å². The number of halogens is 1. The number of carbonyl (C=O) groups excluding carboxylic acids is 1. The number of carbonyl (C=O) groups is 1. The van der Waals surface area contributed by atoms with Gasteiger partial charge in [0, 0.05) is 23.2 Å². The molecule has 128 valence electrons. The molecular weight excluding hydrogens is 326 g/mol. The summed E-state index contributed by atoms with van der Waals surface area (Å²) in [5, 5.41) is 13.0. The van der Waals surface area contributed by atoms with Crippen LogP contribution in [0.5, 0.6) is 0 Å². The van der Waals surface area contributed by atoms with E-state index in [2.05, 4.69) is 15.4 Å². The molecule has 1 heterocycles. The fraction of sp³-hybridized carbons (Fsp3) is 0.529. The van der Waals surface area contributed by atoms with Crippen molar-refractivity contribution in [1.29, 1.82) is 0 Å². The second kappa shape index (κ2) is 7.75. The van der Waals surface area contributed by atoms with Gasteiger partial charge in [-0.3, -0.25) is 4.79 Å². The zero-order chi connectivity index (χ0) is 16.9. The van der Waals surface area contributed by atoms with E-state index in [1.807, 2.05) is 24.0 Å². The van der Waals surface area contributed by atoms with Gasteiger partial charge in [-0.2, -0.15) is 4.80 Å². The normalized spacial score (nSPS) is 15.4. The van der Waals surface area contributed by atoms with Crippen LogP contribution in [0.3, 0.4) is 0 Å². The average Bonchev–Trinajstić information content (AvgIpc) is 3.05. The summed E-state index contributed by atoms with van der Waals surface area (Å²) < 4.78 is 0. The first-order chi connectivity index (χ1) is 11.7. The van der Waals surface area contributed by atoms with Gasteiger partial charge in [0.05, 0.1) is 0 Å². The van der Waals surface area contributed by atoms with Crippen molar-refractivity contribution in [2.45, 2.75) is 51.6 Å². The maximum atomic E-state index is 12.6. The molecule has 1 fully saturated rings. The maximum Gasteiger partial charge on any atom is 0.246 e. The molecule has 0 N–H and O–H groups in total. The monoisotopic (exact) mass is 347 g/mol. The molecule has 1 aliphatic rings. The van der Waals surface area contributed by atoms with E-state index >= 15 is 0 Å². The molecule has 24 heavy (non-hydrogen) atoms. The average molecular weight is 348 g/mol. The van der Waals surface area contributed by atoms with Gasteiger partial charge in [-0.15, -0.1) is 10.2 Å². The summed E-state index contributed by atoms with van der Waals surface area (Å²) >= 11 is 5.89. The summed E-state index contributed by atoms with van der Waals surface area (Å²) in [7, 11) is 0. The lowest BCUT2D eigenvalue weighted by Crippen LogP contribution is -2.43. The molecule has 0 atom stereocenters. The number of tetrazole rings is 1. The molecule has 0 bridgehead atoms. The van der Waals surface area contributed by atoms with Crippen LogP contribution in [0.1, 0.15) is 39.0 Å². The summed E-state index contributed by atoms with van der Waals surface area (Å²) in [4.78, 5) is 15.9. The number of likely N-dealkylation sites (N-methyl/N-ethyl adjacent to an activating group) is 1. The molecule has 3 rings (SSSR count). The van der Waals surface area contributed by atoms with E-state index in [4.69, 9.17) is 11.6 Å². The fourth-order valence-electron chi connectivity index (χ4n) is 3.27. The number of aromatic nitrogens is 4. The van der Waals surface area contributed by atoms with Crippen molar-refractivity contribution in [2.24, 2.45) is 0 Å². The first-order valence-electron chi connectivity index (χ1n) is 8.50. The standard InChI is InChI=1S/C17H22ClN5O/c1-2-22(15-6-4-3-5-7-15)16(24)12-23-20-17(19-21-23)13-8-10-14(18)11-9-13/h8-11,15H,2-7,12H2,1H3. The Labute approximate surface area is 146 Å². The summed E-state index contributed by atoms with van der Waals surface area (Å²) in [5.41, 5.74) is 0.831. The lowest BCUT2D eigenvalue weighted by Gasteiger charge is -2.33. The van der Waals surface area contributed by atoms with Crippen LogP contribution in [0.25, 0.3) is 11.4 Å². The molecule has 1 aromatic heterocycles. The van der Waals surface area contributed by atoms with Gasteiger partial charge >= 0.3 is 0 Å². The van der Waals surface area contributed by atoms with Gasteiger partial charge in [0.15, 0.2) is 0 Å². The van der Waals surface area contributed by atoms with Gasteiger partial charge in [-0.25, -0.2) is 0 Å². The molecule has 1 aromatic carbocycles. The number of rotatable bonds is 5. The zero-order valence-corrected chi connectivity index (χ0v) is 14.6. The van der Waals surface area contributed by atoms with Crippen LogP contribution >= 0.6 is 11.6 Å². The molecule has 0 radical (unpaired) electrons. The van der Waals surface area contributed by atoms with Gasteiger partial charge in [0.2, 0.25) is 11.7 Å². The first kappa shape index (κ1) is 16.9. The molecule has 2 aromatic rings. The van der Waals surface area contributed by atoms with Crippen molar-refractivity contribution in [3.8, 4) is 11.4 Å². The smallest absolute Gasteiger partial charge is 0.246 e. The number of hydrogen-bond donors (Lipinski definition) is 0. The number of amides is 1. The Morgan fingerprint density at radius 2 is 1.96 bits per heavy atom. The molecule has 0 spiro atoms. The highest BCUT2D eigenvalue weighted by molar-refractivity contribution is 6.30. The molecule has 7 heteroatoms. The third-order valence-electron chi connectivity index (χ3n) is 4.51. The predicted molar refractivity (Wildman–Crippen MR) is 92.5 cm³/mol. The Hall–Kier alpha value is -1.95. The maximum absolute atomic E-state index is 12.6. The molecular formula is C17H22ClN5O. The second-order valence-electron chi connectivity index (χ2n) is 6.12. The van der Waals surface area contributed by atoms with E-state index in [9.17, 15) is 4.79 Å². The van der Waals surface area contributed by atoms with Gasteiger partial charge in [-0.1, -0.05) is 30.9 Å². The molecule has 1 saturated carbocycles. The minimum Gasteiger partial charge on any atom is -0.338 e. The number of benzene rings is 1. The molecule has 6 nitrogen and oxygen atoms in total. The topological polar surface area (TPSA) is 63.9 Å². The Kier molecular flexibility index (Phi) is 5.45. The molecule has 0 saturated heterocycles. The quantitative estimate of drug-likeness (QED) is 0.833. The van der Waals surface area contributed by atoms with Crippen LogP contribution in [-0.2, 0) is 11.3 Å². The van der Waals surface area contributed by atoms with Crippen LogP contribution in [-0.4, -0.2) is 43.6 Å². The van der Waals surface area contributed by atoms with Crippen LogP contribution in [0.15, 0.2) is 24.3 Å². The Morgan fingerprint density at radius 1 is 1.25 bits per heavy atom. The Bertz CT molecular complexity index is 679. The summed E-state index contributed by atoms with van der Waals surface area (Å²) in [6, 6.07) is 7.60. The van der Waals surface area contributed by atoms with Crippen molar-refractivity contribution < 1.29 is 4.79 Å². The third-order valence-corrected chi connectivity index (χ3v) is 4.76. The van der Waals surface area contributed by atoms with Gasteiger partial charge < -0.3 is 4.90 Å². The minimum absolute atomic E-state index is 0.0597.